The molecule has 0 fully saturated rings. The van der Waals surface area contributed by atoms with E-state index in [-0.39, 0.29) is 6.61 Å². The van der Waals surface area contributed by atoms with Crippen LogP contribution in [0.2, 0.25) is 5.02 Å². The molecular weight excluding hydrogens is 252 g/mol. The van der Waals surface area contributed by atoms with E-state index in [9.17, 15) is 0 Å². The summed E-state index contributed by atoms with van der Waals surface area (Å²) in [5.74, 6) is 0. The molecule has 17 heavy (non-hydrogen) atoms. The highest BCUT2D eigenvalue weighted by Gasteiger charge is 2.02. The van der Waals surface area contributed by atoms with Crippen LogP contribution in [0, 0.1) is 6.92 Å². The van der Waals surface area contributed by atoms with E-state index in [1.54, 1.807) is 11.8 Å². The van der Waals surface area contributed by atoms with E-state index < -0.39 is 0 Å². The van der Waals surface area contributed by atoms with Crippen molar-refractivity contribution in [1.82, 2.24) is 0 Å². The zero-order chi connectivity index (χ0) is 12.3. The second-order valence-electron chi connectivity index (χ2n) is 3.81. The number of aliphatic hydroxyl groups excluding tert-OH is 1. The van der Waals surface area contributed by atoms with Crippen LogP contribution in [0.15, 0.2) is 52.3 Å². The Kier molecular flexibility index (Phi) is 4.11. The molecule has 1 N–H and O–H groups in total. The van der Waals surface area contributed by atoms with Crippen molar-refractivity contribution in [3.8, 4) is 0 Å². The van der Waals surface area contributed by atoms with Gasteiger partial charge >= 0.3 is 0 Å². The van der Waals surface area contributed by atoms with Crippen LogP contribution in [-0.4, -0.2) is 5.11 Å². The summed E-state index contributed by atoms with van der Waals surface area (Å²) in [4.78, 5) is 2.36. The van der Waals surface area contributed by atoms with Crippen LogP contribution in [0.1, 0.15) is 11.1 Å². The Morgan fingerprint density at radius 3 is 2.41 bits per heavy atom. The molecule has 0 aliphatic rings. The molecule has 0 bridgehead atoms. The van der Waals surface area contributed by atoms with Crippen LogP contribution < -0.4 is 0 Å². The molecule has 0 heterocycles. The average molecular weight is 265 g/mol. The summed E-state index contributed by atoms with van der Waals surface area (Å²) in [6.07, 6.45) is 0. The minimum atomic E-state index is 0.0900. The first-order valence-corrected chi connectivity index (χ1v) is 6.52. The lowest BCUT2D eigenvalue weighted by molar-refractivity contribution is 0.281. The molecule has 0 unspecified atom stereocenters. The van der Waals surface area contributed by atoms with Crippen molar-refractivity contribution in [2.24, 2.45) is 0 Å². The van der Waals surface area contributed by atoms with E-state index >= 15 is 0 Å². The maximum atomic E-state index is 9.05. The third kappa shape index (κ3) is 3.25. The number of aliphatic hydroxyl groups is 1. The van der Waals surface area contributed by atoms with Crippen LogP contribution >= 0.6 is 23.4 Å². The van der Waals surface area contributed by atoms with Crippen molar-refractivity contribution in [3.63, 3.8) is 0 Å². The summed E-state index contributed by atoms with van der Waals surface area (Å²) in [6.45, 7) is 2.14. The molecule has 2 aromatic rings. The fraction of sp³-hybridized carbons (Fsp3) is 0.143. The van der Waals surface area contributed by atoms with Gasteiger partial charge in [0.25, 0.3) is 0 Å². The first-order valence-electron chi connectivity index (χ1n) is 5.33. The summed E-state index contributed by atoms with van der Waals surface area (Å²) >= 11 is 7.55. The molecule has 0 aromatic heterocycles. The monoisotopic (exact) mass is 264 g/mol. The third-order valence-electron chi connectivity index (χ3n) is 2.46. The summed E-state index contributed by atoms with van der Waals surface area (Å²) in [6, 6.07) is 13.8. The Morgan fingerprint density at radius 2 is 1.82 bits per heavy atom. The van der Waals surface area contributed by atoms with Crippen LogP contribution in [0.4, 0.5) is 0 Å². The minimum Gasteiger partial charge on any atom is -0.392 e. The highest BCUT2D eigenvalue weighted by Crippen LogP contribution is 2.31. The summed E-state index contributed by atoms with van der Waals surface area (Å²) in [7, 11) is 0. The molecule has 0 saturated carbocycles. The van der Waals surface area contributed by atoms with Gasteiger partial charge < -0.3 is 5.11 Å². The molecule has 0 amide bonds. The zero-order valence-corrected chi connectivity index (χ0v) is 11.1. The van der Waals surface area contributed by atoms with Crippen molar-refractivity contribution in [2.75, 3.05) is 0 Å². The van der Waals surface area contributed by atoms with Gasteiger partial charge in [0.05, 0.1) is 6.61 Å². The van der Waals surface area contributed by atoms with Crippen molar-refractivity contribution < 1.29 is 5.11 Å². The molecule has 1 nitrogen and oxygen atoms in total. The van der Waals surface area contributed by atoms with Gasteiger partial charge in [0.2, 0.25) is 0 Å². The number of hydrogen-bond acceptors (Lipinski definition) is 2. The minimum absolute atomic E-state index is 0.0900. The molecule has 0 aliphatic carbocycles. The molecule has 2 rings (SSSR count). The molecule has 0 aliphatic heterocycles. The maximum Gasteiger partial charge on any atom is 0.0681 e. The Labute approximate surface area is 110 Å². The first kappa shape index (κ1) is 12.5. The van der Waals surface area contributed by atoms with Gasteiger partial charge in [-0.25, -0.2) is 0 Å². The lowest BCUT2D eigenvalue weighted by Crippen LogP contribution is -1.86. The topological polar surface area (TPSA) is 20.2 Å². The van der Waals surface area contributed by atoms with Gasteiger partial charge in [-0.15, -0.1) is 0 Å². The van der Waals surface area contributed by atoms with Crippen molar-refractivity contribution in [3.05, 3.63) is 58.6 Å². The second kappa shape index (κ2) is 5.58. The SMILES string of the molecule is Cc1cc(CO)ccc1Sc1ccc(Cl)cc1. The molecule has 0 spiro atoms. The van der Waals surface area contributed by atoms with Gasteiger partial charge in [0.1, 0.15) is 0 Å². The fourth-order valence-electron chi connectivity index (χ4n) is 1.55. The molecule has 3 heteroatoms. The maximum absolute atomic E-state index is 9.05. The number of benzene rings is 2. The van der Waals surface area contributed by atoms with Gasteiger partial charge in [0, 0.05) is 14.8 Å². The number of rotatable bonds is 3. The number of halogens is 1. The molecule has 0 atom stereocenters. The predicted octanol–water partition coefficient (Wildman–Crippen LogP) is 4.29. The van der Waals surface area contributed by atoms with Gasteiger partial charge in [-0.3, -0.25) is 0 Å². The third-order valence-corrected chi connectivity index (χ3v) is 3.90. The Bertz CT molecular complexity index is 508. The predicted molar refractivity (Wildman–Crippen MR) is 72.7 cm³/mol. The van der Waals surface area contributed by atoms with E-state index in [0.717, 1.165) is 15.5 Å². The highest BCUT2D eigenvalue weighted by molar-refractivity contribution is 7.99. The number of hydrogen-bond donors (Lipinski definition) is 1. The van der Waals surface area contributed by atoms with Crippen molar-refractivity contribution in [2.45, 2.75) is 23.3 Å². The fourth-order valence-corrected chi connectivity index (χ4v) is 2.56. The molecule has 0 saturated heterocycles. The van der Waals surface area contributed by atoms with Crippen LogP contribution in [0.25, 0.3) is 0 Å². The molecule has 0 radical (unpaired) electrons. The van der Waals surface area contributed by atoms with E-state index in [1.807, 2.05) is 42.5 Å². The average Bonchev–Trinajstić information content (AvgIpc) is 2.34. The largest absolute Gasteiger partial charge is 0.392 e. The molecular formula is C14H13ClOS. The zero-order valence-electron chi connectivity index (χ0n) is 9.48. The standard InChI is InChI=1S/C14H13ClOS/c1-10-8-11(9-16)2-7-14(10)17-13-5-3-12(15)4-6-13/h2-8,16H,9H2,1H3. The molecule has 2 aromatic carbocycles. The van der Waals surface area contributed by atoms with Crippen molar-refractivity contribution in [1.29, 1.82) is 0 Å². The Hall–Kier alpha value is -0.960. The Morgan fingerprint density at radius 1 is 1.12 bits per heavy atom. The quantitative estimate of drug-likeness (QED) is 0.892. The van der Waals surface area contributed by atoms with E-state index in [2.05, 4.69) is 6.92 Å². The normalized spacial score (nSPS) is 10.5. The smallest absolute Gasteiger partial charge is 0.0681 e. The van der Waals surface area contributed by atoms with E-state index in [0.29, 0.717) is 0 Å². The summed E-state index contributed by atoms with van der Waals surface area (Å²) < 4.78 is 0. The summed E-state index contributed by atoms with van der Waals surface area (Å²) in [5.41, 5.74) is 2.12. The lowest BCUT2D eigenvalue weighted by Gasteiger charge is -2.07. The first-order chi connectivity index (χ1) is 8.19. The lowest BCUT2D eigenvalue weighted by atomic mass is 10.1. The highest BCUT2D eigenvalue weighted by atomic mass is 35.5. The van der Waals surface area contributed by atoms with E-state index in [4.69, 9.17) is 16.7 Å². The van der Waals surface area contributed by atoms with Gasteiger partial charge in [-0.2, -0.15) is 0 Å². The number of aryl methyl sites for hydroxylation is 1. The van der Waals surface area contributed by atoms with Gasteiger partial charge in [-0.05, 0) is 48.4 Å². The van der Waals surface area contributed by atoms with E-state index in [1.165, 1.54) is 10.5 Å². The van der Waals surface area contributed by atoms with Crippen LogP contribution in [0.3, 0.4) is 0 Å². The van der Waals surface area contributed by atoms with Crippen molar-refractivity contribution >= 4 is 23.4 Å². The van der Waals surface area contributed by atoms with Gasteiger partial charge in [-0.1, -0.05) is 35.5 Å². The Balaban J connectivity index is 2.21. The summed E-state index contributed by atoms with van der Waals surface area (Å²) in [5, 5.41) is 9.80. The van der Waals surface area contributed by atoms with Gasteiger partial charge in [0.15, 0.2) is 0 Å². The second-order valence-corrected chi connectivity index (χ2v) is 5.37. The molecule has 88 valence electrons. The van der Waals surface area contributed by atoms with Crippen LogP contribution in [-0.2, 0) is 6.61 Å². The van der Waals surface area contributed by atoms with Crippen LogP contribution in [0.5, 0.6) is 0 Å².